The molecule has 0 aliphatic carbocycles. The monoisotopic (exact) mass is 295 g/mol. The number of carbonyl (C=O) groups excluding carboxylic acids is 2. The van der Waals surface area contributed by atoms with Crippen molar-refractivity contribution < 1.29 is 14.3 Å². The Kier molecular flexibility index (Phi) is 4.19. The Bertz CT molecular complexity index is 647. The third-order valence-corrected chi connectivity index (χ3v) is 3.77. The first kappa shape index (κ1) is 14.3. The maximum Gasteiger partial charge on any atom is 0.416 e. The van der Waals surface area contributed by atoms with Gasteiger partial charge in [-0.3, -0.25) is 4.79 Å². The molecule has 0 radical (unpaired) electrons. The van der Waals surface area contributed by atoms with Crippen LogP contribution in [0.1, 0.15) is 11.1 Å². The van der Waals surface area contributed by atoms with Crippen molar-refractivity contribution in [2.75, 3.05) is 6.54 Å². The highest BCUT2D eigenvalue weighted by atomic mass is 16.6. The van der Waals surface area contributed by atoms with Gasteiger partial charge in [-0.15, -0.1) is 0 Å². The smallest absolute Gasteiger partial charge is 0.416 e. The fraction of sp³-hybridized carbons (Fsp3) is 0.222. The van der Waals surface area contributed by atoms with Crippen molar-refractivity contribution in [3.05, 3.63) is 71.8 Å². The molecule has 2 aromatic carbocycles. The number of amides is 2. The van der Waals surface area contributed by atoms with Crippen LogP contribution in [0.3, 0.4) is 0 Å². The number of nitrogens with zero attached hydrogens (tertiary/aromatic N) is 1. The van der Waals surface area contributed by atoms with E-state index in [4.69, 9.17) is 4.74 Å². The summed E-state index contributed by atoms with van der Waals surface area (Å²) in [5, 5.41) is 0. The molecule has 4 nitrogen and oxygen atoms in total. The molecule has 2 amide bonds. The van der Waals surface area contributed by atoms with Gasteiger partial charge in [0, 0.05) is 6.54 Å². The lowest BCUT2D eigenvalue weighted by molar-refractivity contribution is -0.144. The molecule has 1 aliphatic heterocycles. The summed E-state index contributed by atoms with van der Waals surface area (Å²) in [7, 11) is 0. The zero-order valence-corrected chi connectivity index (χ0v) is 12.1. The maximum atomic E-state index is 12.0. The van der Waals surface area contributed by atoms with Gasteiger partial charge >= 0.3 is 6.09 Å². The van der Waals surface area contributed by atoms with Crippen molar-refractivity contribution in [1.82, 2.24) is 4.90 Å². The van der Waals surface area contributed by atoms with E-state index in [9.17, 15) is 9.59 Å². The van der Waals surface area contributed by atoms with Crippen LogP contribution in [0.25, 0.3) is 0 Å². The summed E-state index contributed by atoms with van der Waals surface area (Å²) >= 11 is 0. The molecule has 1 fully saturated rings. The molecule has 22 heavy (non-hydrogen) atoms. The summed E-state index contributed by atoms with van der Waals surface area (Å²) < 4.78 is 5.17. The molecule has 112 valence electrons. The Labute approximate surface area is 129 Å². The van der Waals surface area contributed by atoms with Gasteiger partial charge < -0.3 is 4.74 Å². The number of ether oxygens (including phenoxy) is 1. The van der Waals surface area contributed by atoms with Crippen molar-refractivity contribution in [3.63, 3.8) is 0 Å². The maximum absolute atomic E-state index is 12.0. The number of hydrogen-bond acceptors (Lipinski definition) is 3. The predicted molar refractivity (Wildman–Crippen MR) is 82.0 cm³/mol. The molecule has 1 heterocycles. The molecule has 1 aliphatic rings. The average molecular weight is 295 g/mol. The van der Waals surface area contributed by atoms with Crippen LogP contribution < -0.4 is 0 Å². The summed E-state index contributed by atoms with van der Waals surface area (Å²) in [5.74, 6) is -0.270. The zero-order chi connectivity index (χ0) is 15.4. The summed E-state index contributed by atoms with van der Waals surface area (Å²) in [4.78, 5) is 25.1. The van der Waals surface area contributed by atoms with Gasteiger partial charge in [0.05, 0.1) is 5.92 Å². The van der Waals surface area contributed by atoms with Crippen LogP contribution in [-0.4, -0.2) is 23.4 Å². The number of carbonyl (C=O) groups is 2. The van der Waals surface area contributed by atoms with E-state index in [1.807, 2.05) is 60.7 Å². The second-order valence-electron chi connectivity index (χ2n) is 5.38. The molecule has 0 aromatic heterocycles. The van der Waals surface area contributed by atoms with Gasteiger partial charge in [-0.05, 0) is 17.5 Å². The first-order valence-electron chi connectivity index (χ1n) is 7.30. The third kappa shape index (κ3) is 3.17. The van der Waals surface area contributed by atoms with Gasteiger partial charge in [-0.25, -0.2) is 9.69 Å². The van der Waals surface area contributed by atoms with Crippen molar-refractivity contribution in [1.29, 1.82) is 0 Å². The van der Waals surface area contributed by atoms with Gasteiger partial charge in [0.25, 0.3) is 0 Å². The van der Waals surface area contributed by atoms with Crippen LogP contribution in [0, 0.1) is 5.92 Å². The summed E-state index contributed by atoms with van der Waals surface area (Å²) in [6.07, 6.45) is 0.112. The van der Waals surface area contributed by atoms with E-state index in [2.05, 4.69) is 0 Å². The molecular weight excluding hydrogens is 278 g/mol. The molecule has 1 atom stereocenters. The van der Waals surface area contributed by atoms with E-state index in [0.717, 1.165) is 11.1 Å². The molecule has 0 saturated carbocycles. The van der Waals surface area contributed by atoms with Crippen LogP contribution in [0.5, 0.6) is 0 Å². The first-order valence-corrected chi connectivity index (χ1v) is 7.30. The van der Waals surface area contributed by atoms with Crippen LogP contribution in [-0.2, 0) is 22.6 Å². The second kappa shape index (κ2) is 6.43. The van der Waals surface area contributed by atoms with E-state index in [-0.39, 0.29) is 18.4 Å². The Balaban J connectivity index is 1.48. The predicted octanol–water partition coefficient (Wildman–Crippen LogP) is 3.02. The summed E-state index contributed by atoms with van der Waals surface area (Å²) in [6, 6.07) is 19.2. The largest absolute Gasteiger partial charge is 0.444 e. The molecule has 3 rings (SSSR count). The summed E-state index contributed by atoms with van der Waals surface area (Å²) in [5.41, 5.74) is 2.02. The number of likely N-dealkylation sites (tertiary alicyclic amines) is 1. The minimum atomic E-state index is -0.557. The van der Waals surface area contributed by atoms with Gasteiger partial charge in [0.1, 0.15) is 6.61 Å². The van der Waals surface area contributed by atoms with Gasteiger partial charge in [0.2, 0.25) is 5.91 Å². The molecular formula is C18H17NO3. The molecule has 4 heteroatoms. The zero-order valence-electron chi connectivity index (χ0n) is 12.1. The van der Waals surface area contributed by atoms with Crippen molar-refractivity contribution in [2.45, 2.75) is 13.0 Å². The van der Waals surface area contributed by atoms with Crippen LogP contribution in [0.15, 0.2) is 60.7 Å². The van der Waals surface area contributed by atoms with E-state index in [1.54, 1.807) is 0 Å². The lowest BCUT2D eigenvalue weighted by Gasteiger charge is -2.35. The average Bonchev–Trinajstić information content (AvgIpc) is 2.57. The number of rotatable bonds is 4. The lowest BCUT2D eigenvalue weighted by atomic mass is 9.91. The lowest BCUT2D eigenvalue weighted by Crippen LogP contribution is -2.56. The molecule has 0 bridgehead atoms. The quantitative estimate of drug-likeness (QED) is 0.815. The normalized spacial score (nSPS) is 17.0. The van der Waals surface area contributed by atoms with E-state index >= 15 is 0 Å². The first-order chi connectivity index (χ1) is 10.7. The third-order valence-electron chi connectivity index (χ3n) is 3.77. The van der Waals surface area contributed by atoms with Crippen molar-refractivity contribution in [2.24, 2.45) is 5.92 Å². The summed E-state index contributed by atoms with van der Waals surface area (Å²) in [6.45, 7) is 0.619. The second-order valence-corrected chi connectivity index (χ2v) is 5.38. The minimum Gasteiger partial charge on any atom is -0.444 e. The Hall–Kier alpha value is -2.62. The van der Waals surface area contributed by atoms with E-state index in [0.29, 0.717) is 13.0 Å². The highest BCUT2D eigenvalue weighted by Crippen LogP contribution is 2.23. The van der Waals surface area contributed by atoms with Crippen LogP contribution in [0.2, 0.25) is 0 Å². The minimum absolute atomic E-state index is 0.119. The van der Waals surface area contributed by atoms with Crippen LogP contribution in [0.4, 0.5) is 4.79 Å². The molecule has 0 spiro atoms. The van der Waals surface area contributed by atoms with Crippen molar-refractivity contribution in [3.8, 4) is 0 Å². The number of imide groups is 1. The Morgan fingerprint density at radius 1 is 1.00 bits per heavy atom. The SMILES string of the molecule is O=C(OCc1ccccc1)N1CC(Cc2ccccc2)C1=O. The van der Waals surface area contributed by atoms with Gasteiger partial charge in [-0.2, -0.15) is 0 Å². The Morgan fingerprint density at radius 2 is 1.59 bits per heavy atom. The number of β-lactam (4-membered cyclic amide) rings is 1. The van der Waals surface area contributed by atoms with E-state index < -0.39 is 6.09 Å². The van der Waals surface area contributed by atoms with Gasteiger partial charge in [0.15, 0.2) is 0 Å². The molecule has 1 saturated heterocycles. The number of benzene rings is 2. The molecule has 2 aromatic rings. The highest BCUT2D eigenvalue weighted by Gasteiger charge is 2.41. The van der Waals surface area contributed by atoms with E-state index in [1.165, 1.54) is 4.90 Å². The fourth-order valence-electron chi connectivity index (χ4n) is 2.51. The fourth-order valence-corrected chi connectivity index (χ4v) is 2.51. The highest BCUT2D eigenvalue weighted by molar-refractivity contribution is 5.98. The molecule has 0 N–H and O–H groups in total. The standard InChI is InChI=1S/C18H17NO3/c20-17-16(11-14-7-3-1-4-8-14)12-19(17)18(21)22-13-15-9-5-2-6-10-15/h1-10,16H,11-13H2. The van der Waals surface area contributed by atoms with Crippen LogP contribution >= 0.6 is 0 Å². The topological polar surface area (TPSA) is 46.6 Å². The Morgan fingerprint density at radius 3 is 2.18 bits per heavy atom. The van der Waals surface area contributed by atoms with Gasteiger partial charge in [-0.1, -0.05) is 60.7 Å². The molecule has 1 unspecified atom stereocenters. The van der Waals surface area contributed by atoms with Crippen molar-refractivity contribution >= 4 is 12.0 Å². The number of hydrogen-bond donors (Lipinski definition) is 0.